The maximum absolute atomic E-state index is 11.1. The highest BCUT2D eigenvalue weighted by Crippen LogP contribution is 2.25. The van der Waals surface area contributed by atoms with Gasteiger partial charge in [-0.05, 0) is 24.8 Å². The largest absolute Gasteiger partial charge is 0.330 e. The van der Waals surface area contributed by atoms with Gasteiger partial charge in [-0.3, -0.25) is 4.79 Å². The van der Waals surface area contributed by atoms with Gasteiger partial charge in [0.15, 0.2) is 0 Å². The molecule has 0 amide bonds. The topological polar surface area (TPSA) is 43.1 Å². The highest BCUT2D eigenvalue weighted by molar-refractivity contribution is 5.80. The summed E-state index contributed by atoms with van der Waals surface area (Å²) in [5.74, 6) is 2.52. The van der Waals surface area contributed by atoms with Crippen LogP contribution in [0.25, 0.3) is 0 Å². The molecule has 0 heterocycles. The van der Waals surface area contributed by atoms with Crippen molar-refractivity contribution in [1.29, 1.82) is 0 Å². The molecule has 0 fully saturated rings. The number of carbonyl (C=O) groups excluding carboxylic acids is 1. The van der Waals surface area contributed by atoms with Gasteiger partial charge in [0.05, 0.1) is 6.42 Å². The van der Waals surface area contributed by atoms with Crippen molar-refractivity contribution >= 4 is 5.78 Å². The Kier molecular flexibility index (Phi) is 5.41. The van der Waals surface area contributed by atoms with Crippen LogP contribution < -0.4 is 5.73 Å². The second kappa shape index (κ2) is 5.77. The maximum atomic E-state index is 11.1. The van der Waals surface area contributed by atoms with Gasteiger partial charge in [0.25, 0.3) is 0 Å². The first kappa shape index (κ1) is 12.2. The van der Waals surface area contributed by atoms with E-state index >= 15 is 0 Å². The van der Waals surface area contributed by atoms with E-state index in [1.807, 2.05) is 0 Å². The Morgan fingerprint density at radius 3 is 2.54 bits per heavy atom. The van der Waals surface area contributed by atoms with E-state index in [0.29, 0.717) is 13.0 Å². The molecule has 0 unspecified atom stereocenters. The van der Waals surface area contributed by atoms with Gasteiger partial charge < -0.3 is 5.73 Å². The highest BCUT2D eigenvalue weighted by atomic mass is 16.1. The predicted molar refractivity (Wildman–Crippen MR) is 55.1 cm³/mol. The molecule has 0 aliphatic carbocycles. The molecule has 2 nitrogen and oxygen atoms in total. The Morgan fingerprint density at radius 2 is 2.08 bits per heavy atom. The molecule has 74 valence electrons. The van der Waals surface area contributed by atoms with Crippen molar-refractivity contribution in [3.63, 3.8) is 0 Å². The van der Waals surface area contributed by atoms with Crippen LogP contribution in [0.1, 0.15) is 39.5 Å². The zero-order valence-electron chi connectivity index (χ0n) is 8.60. The Labute approximate surface area is 80.9 Å². The molecule has 2 N–H and O–H groups in total. The first-order chi connectivity index (χ1) is 6.02. The van der Waals surface area contributed by atoms with E-state index in [1.54, 1.807) is 0 Å². The van der Waals surface area contributed by atoms with Crippen molar-refractivity contribution in [2.45, 2.75) is 39.5 Å². The van der Waals surface area contributed by atoms with Crippen LogP contribution in [0, 0.1) is 17.8 Å². The molecule has 0 saturated heterocycles. The van der Waals surface area contributed by atoms with Crippen LogP contribution in [0.2, 0.25) is 0 Å². The number of terminal acetylenes is 1. The van der Waals surface area contributed by atoms with E-state index in [2.05, 4.69) is 19.8 Å². The van der Waals surface area contributed by atoms with E-state index in [-0.39, 0.29) is 17.6 Å². The summed E-state index contributed by atoms with van der Waals surface area (Å²) in [6, 6.07) is 0. The van der Waals surface area contributed by atoms with Crippen LogP contribution in [0.5, 0.6) is 0 Å². The number of hydrogen-bond acceptors (Lipinski definition) is 2. The first-order valence-corrected chi connectivity index (χ1v) is 4.67. The van der Waals surface area contributed by atoms with Gasteiger partial charge in [0, 0.05) is 6.42 Å². The molecule has 0 bridgehead atoms. The monoisotopic (exact) mass is 181 g/mol. The molecule has 0 aromatic heterocycles. The minimum absolute atomic E-state index is 0.160. The van der Waals surface area contributed by atoms with Gasteiger partial charge in [-0.1, -0.05) is 19.8 Å². The summed E-state index contributed by atoms with van der Waals surface area (Å²) >= 11 is 0. The molecule has 2 heteroatoms. The van der Waals surface area contributed by atoms with Crippen LogP contribution in [-0.2, 0) is 4.79 Å². The summed E-state index contributed by atoms with van der Waals surface area (Å²) in [7, 11) is 0. The van der Waals surface area contributed by atoms with Crippen molar-refractivity contribution in [3.05, 3.63) is 0 Å². The third-order valence-electron chi connectivity index (χ3n) is 2.20. The van der Waals surface area contributed by atoms with Crippen LogP contribution in [0.15, 0.2) is 0 Å². The number of Topliss-reactive ketones (excluding diaryl/α,β-unsaturated/α-hetero) is 1. The lowest BCUT2D eigenvalue weighted by atomic mass is 9.83. The summed E-state index contributed by atoms with van der Waals surface area (Å²) in [5.41, 5.74) is 5.63. The van der Waals surface area contributed by atoms with Crippen LogP contribution >= 0.6 is 0 Å². The van der Waals surface area contributed by atoms with E-state index in [1.165, 1.54) is 0 Å². The minimum atomic E-state index is 0.160. The molecule has 0 atom stereocenters. The molecule has 0 aliphatic rings. The van der Waals surface area contributed by atoms with Gasteiger partial charge in [0.1, 0.15) is 5.78 Å². The Morgan fingerprint density at radius 1 is 1.46 bits per heavy atom. The standard InChI is InChI=1S/C11H19NO/c1-4-5-10(13)6-7-11(2,3)8-9-12/h1H,5-9,12H2,2-3H3. The second-order valence-corrected chi connectivity index (χ2v) is 4.12. The molecule has 0 rings (SSSR count). The lowest BCUT2D eigenvalue weighted by molar-refractivity contribution is -0.118. The fourth-order valence-electron chi connectivity index (χ4n) is 1.20. The van der Waals surface area contributed by atoms with Crippen LogP contribution in [0.3, 0.4) is 0 Å². The fourth-order valence-corrected chi connectivity index (χ4v) is 1.20. The molecule has 13 heavy (non-hydrogen) atoms. The number of hydrogen-bond donors (Lipinski definition) is 1. The molecule has 0 aromatic rings. The van der Waals surface area contributed by atoms with Gasteiger partial charge >= 0.3 is 0 Å². The summed E-state index contributed by atoms with van der Waals surface area (Å²) in [5, 5.41) is 0. The van der Waals surface area contributed by atoms with E-state index in [4.69, 9.17) is 12.2 Å². The van der Waals surface area contributed by atoms with Crippen molar-refractivity contribution in [2.75, 3.05) is 6.54 Å². The highest BCUT2D eigenvalue weighted by Gasteiger charge is 2.17. The van der Waals surface area contributed by atoms with E-state index in [9.17, 15) is 4.79 Å². The zero-order valence-corrected chi connectivity index (χ0v) is 8.60. The Balaban J connectivity index is 3.75. The predicted octanol–water partition coefficient (Wildman–Crippen LogP) is 1.73. The number of ketones is 1. The van der Waals surface area contributed by atoms with Gasteiger partial charge in [-0.2, -0.15) is 0 Å². The Hall–Kier alpha value is -0.810. The smallest absolute Gasteiger partial charge is 0.144 e. The summed E-state index contributed by atoms with van der Waals surface area (Å²) < 4.78 is 0. The summed E-state index contributed by atoms with van der Waals surface area (Å²) in [6.45, 7) is 4.93. The molecule has 0 aliphatic heterocycles. The third-order valence-corrected chi connectivity index (χ3v) is 2.20. The average molecular weight is 181 g/mol. The minimum Gasteiger partial charge on any atom is -0.330 e. The van der Waals surface area contributed by atoms with Crippen LogP contribution in [-0.4, -0.2) is 12.3 Å². The number of rotatable bonds is 6. The maximum Gasteiger partial charge on any atom is 0.144 e. The van der Waals surface area contributed by atoms with Gasteiger partial charge in [-0.25, -0.2) is 0 Å². The number of nitrogens with two attached hydrogens (primary N) is 1. The summed E-state index contributed by atoms with van der Waals surface area (Å²) in [4.78, 5) is 11.1. The lowest BCUT2D eigenvalue weighted by Gasteiger charge is -2.22. The fraction of sp³-hybridized carbons (Fsp3) is 0.727. The summed E-state index contributed by atoms with van der Waals surface area (Å²) in [6.07, 6.45) is 7.71. The SMILES string of the molecule is C#CCC(=O)CCC(C)(C)CCN. The zero-order chi connectivity index (χ0) is 10.3. The number of carbonyl (C=O) groups is 1. The lowest BCUT2D eigenvalue weighted by Crippen LogP contribution is -2.18. The van der Waals surface area contributed by atoms with Crippen molar-refractivity contribution in [3.8, 4) is 12.3 Å². The van der Waals surface area contributed by atoms with E-state index in [0.717, 1.165) is 12.8 Å². The van der Waals surface area contributed by atoms with Crippen molar-refractivity contribution in [1.82, 2.24) is 0 Å². The second-order valence-electron chi connectivity index (χ2n) is 4.12. The van der Waals surface area contributed by atoms with Gasteiger partial charge in [0.2, 0.25) is 0 Å². The molecule has 0 saturated carbocycles. The normalized spacial score (nSPS) is 10.9. The molecule has 0 aromatic carbocycles. The molecule has 0 spiro atoms. The molecular formula is C11H19NO. The van der Waals surface area contributed by atoms with Gasteiger partial charge in [-0.15, -0.1) is 6.42 Å². The quantitative estimate of drug-likeness (QED) is 0.634. The third kappa shape index (κ3) is 6.36. The van der Waals surface area contributed by atoms with Crippen LogP contribution in [0.4, 0.5) is 0 Å². The molecule has 0 radical (unpaired) electrons. The first-order valence-electron chi connectivity index (χ1n) is 4.67. The van der Waals surface area contributed by atoms with Crippen molar-refractivity contribution in [2.24, 2.45) is 11.1 Å². The van der Waals surface area contributed by atoms with E-state index < -0.39 is 0 Å². The van der Waals surface area contributed by atoms with Crippen molar-refractivity contribution < 1.29 is 4.79 Å². The Bertz CT molecular complexity index is 201. The average Bonchev–Trinajstić information content (AvgIpc) is 2.02. The molecular weight excluding hydrogens is 162 g/mol.